The van der Waals surface area contributed by atoms with Crippen molar-refractivity contribution in [1.82, 2.24) is 4.98 Å². The number of hydrogen-bond acceptors (Lipinski definition) is 4. The normalized spacial score (nSPS) is 17.0. The molecule has 2 aromatic rings. The molecular formula is C12H12N2OS. The standard InChI is InChI=1S/C12H12N2OS/c15-10-3-5-14(6-4-10)9-1-2-11-12(7-9)16-8-13-11/h1-2,7-8H,3-6H2. The average molecular weight is 232 g/mol. The van der Waals surface area contributed by atoms with Crippen LogP contribution in [0.25, 0.3) is 10.2 Å². The maximum absolute atomic E-state index is 11.2. The van der Waals surface area contributed by atoms with Crippen molar-refractivity contribution < 1.29 is 4.79 Å². The monoisotopic (exact) mass is 232 g/mol. The van der Waals surface area contributed by atoms with Gasteiger partial charge in [-0.05, 0) is 18.2 Å². The minimum Gasteiger partial charge on any atom is -0.371 e. The second-order valence-corrected chi connectivity index (χ2v) is 4.92. The Balaban J connectivity index is 1.90. The lowest BCUT2D eigenvalue weighted by Gasteiger charge is -2.28. The highest BCUT2D eigenvalue weighted by Gasteiger charge is 2.16. The van der Waals surface area contributed by atoms with Crippen LogP contribution in [0.2, 0.25) is 0 Å². The number of Topliss-reactive ketones (excluding diaryl/α,β-unsaturated/α-hetero) is 1. The van der Waals surface area contributed by atoms with Crippen molar-refractivity contribution >= 4 is 33.0 Å². The highest BCUT2D eigenvalue weighted by Crippen LogP contribution is 2.25. The van der Waals surface area contributed by atoms with Crippen LogP contribution in [0.15, 0.2) is 23.7 Å². The molecule has 0 radical (unpaired) electrons. The van der Waals surface area contributed by atoms with Gasteiger partial charge in [-0.2, -0.15) is 0 Å². The molecular weight excluding hydrogens is 220 g/mol. The van der Waals surface area contributed by atoms with Gasteiger partial charge in [0.25, 0.3) is 0 Å². The number of anilines is 1. The van der Waals surface area contributed by atoms with Crippen molar-refractivity contribution in [2.45, 2.75) is 12.8 Å². The summed E-state index contributed by atoms with van der Waals surface area (Å²) in [5.74, 6) is 0.384. The van der Waals surface area contributed by atoms with E-state index in [1.807, 2.05) is 5.51 Å². The molecule has 3 rings (SSSR count). The first-order chi connectivity index (χ1) is 7.83. The highest BCUT2D eigenvalue weighted by atomic mass is 32.1. The topological polar surface area (TPSA) is 33.2 Å². The van der Waals surface area contributed by atoms with Gasteiger partial charge in [-0.15, -0.1) is 11.3 Å². The van der Waals surface area contributed by atoms with E-state index >= 15 is 0 Å². The number of thiazole rings is 1. The second kappa shape index (κ2) is 3.87. The van der Waals surface area contributed by atoms with Gasteiger partial charge in [0.05, 0.1) is 15.7 Å². The van der Waals surface area contributed by atoms with Crippen LogP contribution in [0, 0.1) is 0 Å². The van der Waals surface area contributed by atoms with E-state index in [0.717, 1.165) is 18.6 Å². The molecule has 1 fully saturated rings. The first-order valence-corrected chi connectivity index (χ1v) is 6.31. The first kappa shape index (κ1) is 9.78. The van der Waals surface area contributed by atoms with Crippen LogP contribution in [0.4, 0.5) is 5.69 Å². The summed E-state index contributed by atoms with van der Waals surface area (Å²) in [6.07, 6.45) is 1.36. The lowest BCUT2D eigenvalue weighted by atomic mass is 10.1. The molecule has 82 valence electrons. The van der Waals surface area contributed by atoms with E-state index in [0.29, 0.717) is 18.6 Å². The van der Waals surface area contributed by atoms with Gasteiger partial charge in [0.15, 0.2) is 0 Å². The summed E-state index contributed by atoms with van der Waals surface area (Å²) in [5.41, 5.74) is 4.14. The summed E-state index contributed by atoms with van der Waals surface area (Å²) in [7, 11) is 0. The van der Waals surface area contributed by atoms with Crippen molar-refractivity contribution in [2.24, 2.45) is 0 Å². The first-order valence-electron chi connectivity index (χ1n) is 5.43. The molecule has 1 aromatic heterocycles. The van der Waals surface area contributed by atoms with E-state index in [-0.39, 0.29) is 0 Å². The molecule has 1 aliphatic heterocycles. The highest BCUT2D eigenvalue weighted by molar-refractivity contribution is 7.16. The Morgan fingerprint density at radius 3 is 2.88 bits per heavy atom. The number of hydrogen-bond donors (Lipinski definition) is 0. The maximum Gasteiger partial charge on any atom is 0.136 e. The summed E-state index contributed by atoms with van der Waals surface area (Å²) in [5, 5.41) is 0. The lowest BCUT2D eigenvalue weighted by Crippen LogP contribution is -2.33. The maximum atomic E-state index is 11.2. The summed E-state index contributed by atoms with van der Waals surface area (Å²) >= 11 is 1.66. The molecule has 4 heteroatoms. The molecule has 0 aliphatic carbocycles. The van der Waals surface area contributed by atoms with Gasteiger partial charge in [-0.1, -0.05) is 0 Å². The number of carbonyl (C=O) groups is 1. The number of nitrogens with zero attached hydrogens (tertiary/aromatic N) is 2. The molecule has 0 saturated carbocycles. The van der Waals surface area contributed by atoms with Crippen molar-refractivity contribution in [3.05, 3.63) is 23.7 Å². The fraction of sp³-hybridized carbons (Fsp3) is 0.333. The van der Waals surface area contributed by atoms with Crippen LogP contribution >= 0.6 is 11.3 Å². The summed E-state index contributed by atoms with van der Waals surface area (Å²) < 4.78 is 1.22. The minimum absolute atomic E-state index is 0.384. The molecule has 0 N–H and O–H groups in total. The Hall–Kier alpha value is -1.42. The van der Waals surface area contributed by atoms with Gasteiger partial charge in [0.2, 0.25) is 0 Å². The number of fused-ring (bicyclic) bond motifs is 1. The molecule has 3 nitrogen and oxygen atoms in total. The van der Waals surface area contributed by atoms with E-state index in [1.165, 1.54) is 10.4 Å². The van der Waals surface area contributed by atoms with Gasteiger partial charge in [0, 0.05) is 31.6 Å². The van der Waals surface area contributed by atoms with E-state index in [2.05, 4.69) is 28.1 Å². The Morgan fingerprint density at radius 2 is 2.06 bits per heavy atom. The Morgan fingerprint density at radius 1 is 1.25 bits per heavy atom. The Kier molecular flexibility index (Phi) is 2.36. The van der Waals surface area contributed by atoms with Crippen LogP contribution in [-0.2, 0) is 4.79 Å². The Bertz CT molecular complexity index is 525. The lowest BCUT2D eigenvalue weighted by molar-refractivity contribution is -0.119. The van der Waals surface area contributed by atoms with Crippen LogP contribution in [-0.4, -0.2) is 23.9 Å². The third-order valence-corrected chi connectivity index (χ3v) is 3.79. The Labute approximate surface area is 97.7 Å². The number of carbonyl (C=O) groups excluding carboxylic acids is 1. The molecule has 2 heterocycles. The predicted molar refractivity (Wildman–Crippen MR) is 66.1 cm³/mol. The summed E-state index contributed by atoms with van der Waals surface area (Å²) in [4.78, 5) is 17.7. The summed E-state index contributed by atoms with van der Waals surface area (Å²) in [6, 6.07) is 6.32. The zero-order chi connectivity index (χ0) is 11.0. The zero-order valence-corrected chi connectivity index (χ0v) is 9.67. The predicted octanol–water partition coefficient (Wildman–Crippen LogP) is 2.47. The molecule has 1 saturated heterocycles. The number of piperidine rings is 1. The van der Waals surface area contributed by atoms with Crippen LogP contribution in [0.1, 0.15) is 12.8 Å². The van der Waals surface area contributed by atoms with Crippen LogP contribution in [0.5, 0.6) is 0 Å². The van der Waals surface area contributed by atoms with Crippen molar-refractivity contribution in [2.75, 3.05) is 18.0 Å². The van der Waals surface area contributed by atoms with E-state index < -0.39 is 0 Å². The van der Waals surface area contributed by atoms with Crippen molar-refractivity contribution in [3.8, 4) is 0 Å². The number of rotatable bonds is 1. The molecule has 0 bridgehead atoms. The minimum atomic E-state index is 0.384. The van der Waals surface area contributed by atoms with Gasteiger partial charge >= 0.3 is 0 Å². The van der Waals surface area contributed by atoms with Gasteiger partial charge in [-0.25, -0.2) is 4.98 Å². The molecule has 1 aliphatic rings. The zero-order valence-electron chi connectivity index (χ0n) is 8.85. The third kappa shape index (κ3) is 1.69. The van der Waals surface area contributed by atoms with Gasteiger partial charge in [-0.3, -0.25) is 4.79 Å². The third-order valence-electron chi connectivity index (χ3n) is 3.00. The van der Waals surface area contributed by atoms with Crippen LogP contribution in [0.3, 0.4) is 0 Å². The van der Waals surface area contributed by atoms with E-state index in [9.17, 15) is 4.79 Å². The number of aromatic nitrogens is 1. The average Bonchev–Trinajstić information content (AvgIpc) is 2.77. The van der Waals surface area contributed by atoms with E-state index in [4.69, 9.17) is 0 Å². The second-order valence-electron chi connectivity index (χ2n) is 4.03. The fourth-order valence-electron chi connectivity index (χ4n) is 2.05. The summed E-state index contributed by atoms with van der Waals surface area (Å²) in [6.45, 7) is 1.70. The molecule has 0 amide bonds. The largest absolute Gasteiger partial charge is 0.371 e. The molecule has 0 spiro atoms. The molecule has 1 aromatic carbocycles. The van der Waals surface area contributed by atoms with Crippen molar-refractivity contribution in [3.63, 3.8) is 0 Å². The molecule has 16 heavy (non-hydrogen) atoms. The molecule has 0 atom stereocenters. The SMILES string of the molecule is O=C1CCN(c2ccc3ncsc3c2)CC1. The smallest absolute Gasteiger partial charge is 0.136 e. The quantitative estimate of drug-likeness (QED) is 0.757. The van der Waals surface area contributed by atoms with Gasteiger partial charge in [0.1, 0.15) is 5.78 Å². The van der Waals surface area contributed by atoms with Gasteiger partial charge < -0.3 is 4.90 Å². The molecule has 0 unspecified atom stereocenters. The van der Waals surface area contributed by atoms with Crippen LogP contribution < -0.4 is 4.90 Å². The van der Waals surface area contributed by atoms with Crippen molar-refractivity contribution in [1.29, 1.82) is 0 Å². The fourth-order valence-corrected chi connectivity index (χ4v) is 2.76. The number of ketones is 1. The van der Waals surface area contributed by atoms with E-state index in [1.54, 1.807) is 11.3 Å². The number of benzene rings is 1.